The van der Waals surface area contributed by atoms with Crippen molar-refractivity contribution in [2.45, 2.75) is 6.92 Å². The predicted molar refractivity (Wildman–Crippen MR) is 96.4 cm³/mol. The molecule has 0 bridgehead atoms. The monoisotopic (exact) mass is 430 g/mol. The summed E-state index contributed by atoms with van der Waals surface area (Å²) in [6, 6.07) is 10.1. The van der Waals surface area contributed by atoms with Crippen LogP contribution in [-0.2, 0) is 4.79 Å². The molecule has 0 aliphatic rings. The van der Waals surface area contributed by atoms with Crippen LogP contribution in [-0.4, -0.2) is 18.4 Å². The van der Waals surface area contributed by atoms with Crippen molar-refractivity contribution in [2.24, 2.45) is 0 Å². The van der Waals surface area contributed by atoms with Crippen molar-refractivity contribution >= 4 is 50.9 Å². The van der Waals surface area contributed by atoms with Crippen molar-refractivity contribution in [2.75, 3.05) is 6.61 Å². The van der Waals surface area contributed by atoms with Crippen LogP contribution in [0.15, 0.2) is 40.9 Å². The van der Waals surface area contributed by atoms with Gasteiger partial charge < -0.3 is 4.74 Å². The zero-order valence-corrected chi connectivity index (χ0v) is 15.6. The number of carbonyl (C=O) groups is 2. The van der Waals surface area contributed by atoms with Gasteiger partial charge in [-0.05, 0) is 46.6 Å². The molecule has 0 heterocycles. The number of hydrogen-bond acceptors (Lipinski definition) is 3. The first kappa shape index (κ1) is 18.6. The normalized spacial score (nSPS) is 10.2. The van der Waals surface area contributed by atoms with Crippen molar-refractivity contribution in [3.05, 3.63) is 62.0 Å². The summed E-state index contributed by atoms with van der Waals surface area (Å²) in [7, 11) is 0. The van der Waals surface area contributed by atoms with Crippen LogP contribution in [0.1, 0.15) is 15.9 Å². The van der Waals surface area contributed by atoms with Crippen molar-refractivity contribution < 1.29 is 14.3 Å². The van der Waals surface area contributed by atoms with Gasteiger partial charge in [0.2, 0.25) is 0 Å². The fourth-order valence-electron chi connectivity index (χ4n) is 1.86. The number of rotatable bonds is 4. The van der Waals surface area contributed by atoms with Gasteiger partial charge in [0.05, 0.1) is 9.50 Å². The molecule has 0 saturated heterocycles. The van der Waals surface area contributed by atoms with Gasteiger partial charge in [-0.3, -0.25) is 20.4 Å². The fraction of sp³-hybridized carbons (Fsp3) is 0.125. The molecule has 2 N–H and O–H groups in total. The maximum absolute atomic E-state index is 12.0. The minimum atomic E-state index is -0.533. The summed E-state index contributed by atoms with van der Waals surface area (Å²) in [5, 5.41) is 0.709. The van der Waals surface area contributed by atoms with Gasteiger partial charge in [0, 0.05) is 10.6 Å². The van der Waals surface area contributed by atoms with Gasteiger partial charge in [0.1, 0.15) is 0 Å². The van der Waals surface area contributed by atoms with Crippen LogP contribution in [0.4, 0.5) is 0 Å². The number of benzene rings is 2. The molecule has 2 rings (SSSR count). The van der Waals surface area contributed by atoms with Crippen LogP contribution in [0.5, 0.6) is 5.75 Å². The molecule has 126 valence electrons. The van der Waals surface area contributed by atoms with E-state index in [2.05, 4.69) is 26.8 Å². The van der Waals surface area contributed by atoms with Crippen LogP contribution in [0.2, 0.25) is 10.0 Å². The summed E-state index contributed by atoms with van der Waals surface area (Å²) < 4.78 is 5.87. The lowest BCUT2D eigenvalue weighted by atomic mass is 10.1. The Kier molecular flexibility index (Phi) is 6.48. The Morgan fingerprint density at radius 1 is 1.17 bits per heavy atom. The highest BCUT2D eigenvalue weighted by molar-refractivity contribution is 9.10. The number of nitrogens with one attached hydrogen (secondary N) is 2. The molecule has 0 unspecified atom stereocenters. The molecule has 0 aliphatic heterocycles. The van der Waals surface area contributed by atoms with E-state index in [9.17, 15) is 9.59 Å². The maximum Gasteiger partial charge on any atom is 0.276 e. The molecule has 5 nitrogen and oxygen atoms in total. The minimum Gasteiger partial charge on any atom is -0.481 e. The topological polar surface area (TPSA) is 67.4 Å². The standard InChI is InChI=1S/C16H13BrCl2N2O3/c1-9-4-2-3-5-11(9)16(23)21-20-14(22)8-24-15-12(17)6-10(18)7-13(15)19/h2-7H,8H2,1H3,(H,20,22)(H,21,23). The average molecular weight is 432 g/mol. The molecule has 2 aromatic carbocycles. The lowest BCUT2D eigenvalue weighted by Gasteiger charge is -2.12. The zero-order valence-electron chi connectivity index (χ0n) is 12.5. The minimum absolute atomic E-state index is 0.270. The number of amides is 2. The zero-order chi connectivity index (χ0) is 17.7. The largest absolute Gasteiger partial charge is 0.481 e. The van der Waals surface area contributed by atoms with Crippen LogP contribution in [0, 0.1) is 6.92 Å². The van der Waals surface area contributed by atoms with E-state index in [1.807, 2.05) is 6.07 Å². The molecule has 2 amide bonds. The lowest BCUT2D eigenvalue weighted by Crippen LogP contribution is -2.44. The first-order chi connectivity index (χ1) is 11.4. The van der Waals surface area contributed by atoms with Gasteiger partial charge >= 0.3 is 0 Å². The van der Waals surface area contributed by atoms with Crippen LogP contribution in [0.3, 0.4) is 0 Å². The Hall–Kier alpha value is -1.76. The van der Waals surface area contributed by atoms with E-state index in [1.54, 1.807) is 31.2 Å². The van der Waals surface area contributed by atoms with E-state index in [0.717, 1.165) is 5.56 Å². The van der Waals surface area contributed by atoms with Crippen LogP contribution in [0.25, 0.3) is 0 Å². The van der Waals surface area contributed by atoms with Gasteiger partial charge in [-0.15, -0.1) is 0 Å². The molecule has 8 heteroatoms. The first-order valence-electron chi connectivity index (χ1n) is 6.80. The second-order valence-corrected chi connectivity index (χ2v) is 6.50. The molecule has 2 aromatic rings. The smallest absolute Gasteiger partial charge is 0.276 e. The van der Waals surface area contributed by atoms with Gasteiger partial charge in [0.15, 0.2) is 12.4 Å². The Labute approximate surface area is 157 Å². The number of ether oxygens (including phenoxy) is 1. The Morgan fingerprint density at radius 3 is 2.54 bits per heavy atom. The summed E-state index contributed by atoms with van der Waals surface area (Å²) >= 11 is 15.1. The van der Waals surface area contributed by atoms with Gasteiger partial charge in [-0.1, -0.05) is 41.4 Å². The highest BCUT2D eigenvalue weighted by Gasteiger charge is 2.13. The van der Waals surface area contributed by atoms with Gasteiger partial charge in [-0.25, -0.2) is 0 Å². The third-order valence-electron chi connectivity index (χ3n) is 3.02. The Bertz CT molecular complexity index is 761. The van der Waals surface area contributed by atoms with Crippen molar-refractivity contribution in [3.63, 3.8) is 0 Å². The van der Waals surface area contributed by atoms with Gasteiger partial charge in [0.25, 0.3) is 11.8 Å². The quantitative estimate of drug-likeness (QED) is 0.721. The number of hydrazine groups is 1. The molecule has 24 heavy (non-hydrogen) atoms. The molecule has 0 fully saturated rings. The summed E-state index contributed by atoms with van der Waals surface area (Å²) in [6.45, 7) is 1.48. The first-order valence-corrected chi connectivity index (χ1v) is 8.35. The van der Waals surface area contributed by atoms with E-state index < -0.39 is 11.8 Å². The third kappa shape index (κ3) is 4.87. The molecule has 0 radical (unpaired) electrons. The highest BCUT2D eigenvalue weighted by Crippen LogP contribution is 2.35. The molecule has 0 saturated carbocycles. The molecular weight excluding hydrogens is 419 g/mol. The Morgan fingerprint density at radius 2 is 1.88 bits per heavy atom. The fourth-order valence-corrected chi connectivity index (χ4v) is 3.23. The molecule has 0 atom stereocenters. The van der Waals surface area contributed by atoms with E-state index in [0.29, 0.717) is 20.8 Å². The van der Waals surface area contributed by atoms with Gasteiger partial charge in [-0.2, -0.15) is 0 Å². The average Bonchev–Trinajstić information content (AvgIpc) is 2.52. The highest BCUT2D eigenvalue weighted by atomic mass is 79.9. The lowest BCUT2D eigenvalue weighted by molar-refractivity contribution is -0.123. The van der Waals surface area contributed by atoms with Crippen molar-refractivity contribution in [3.8, 4) is 5.75 Å². The number of carbonyl (C=O) groups excluding carboxylic acids is 2. The summed E-state index contributed by atoms with van der Waals surface area (Å²) in [6.07, 6.45) is 0. The molecular formula is C16H13BrCl2N2O3. The van der Waals surface area contributed by atoms with E-state index >= 15 is 0 Å². The second-order valence-electron chi connectivity index (χ2n) is 4.80. The summed E-state index contributed by atoms with van der Waals surface area (Å²) in [4.78, 5) is 23.8. The number of hydrogen-bond donors (Lipinski definition) is 2. The Balaban J connectivity index is 1.88. The summed E-state index contributed by atoms with van der Waals surface area (Å²) in [5.41, 5.74) is 5.89. The second kappa shape index (κ2) is 8.37. The SMILES string of the molecule is Cc1ccccc1C(=O)NNC(=O)COc1c(Cl)cc(Cl)cc1Br. The van der Waals surface area contributed by atoms with Crippen molar-refractivity contribution in [1.82, 2.24) is 10.9 Å². The van der Waals surface area contributed by atoms with Crippen LogP contribution < -0.4 is 15.6 Å². The molecule has 0 aliphatic carbocycles. The van der Waals surface area contributed by atoms with E-state index in [1.165, 1.54) is 6.07 Å². The van der Waals surface area contributed by atoms with E-state index in [-0.39, 0.29) is 11.6 Å². The predicted octanol–water partition coefficient (Wildman–Crippen LogP) is 3.90. The van der Waals surface area contributed by atoms with Crippen LogP contribution >= 0.6 is 39.1 Å². The number of aryl methyl sites for hydroxylation is 1. The molecule has 0 aromatic heterocycles. The van der Waals surface area contributed by atoms with E-state index in [4.69, 9.17) is 27.9 Å². The molecule has 0 spiro atoms. The number of halogens is 3. The summed E-state index contributed by atoms with van der Waals surface area (Å²) in [5.74, 6) is -0.650. The maximum atomic E-state index is 12.0. The third-order valence-corrected chi connectivity index (χ3v) is 4.10. The van der Waals surface area contributed by atoms with Crippen molar-refractivity contribution in [1.29, 1.82) is 0 Å².